The maximum Gasteiger partial charge on any atom is -0.0181 e. The maximum absolute atomic E-state index is 2.35. The summed E-state index contributed by atoms with van der Waals surface area (Å²) in [6.45, 7) is 4.47. The molecule has 0 saturated carbocycles. The third-order valence-corrected chi connectivity index (χ3v) is 3.00. The lowest BCUT2D eigenvalue weighted by Gasteiger charge is -2.07. The van der Waals surface area contributed by atoms with E-state index < -0.39 is 0 Å². The van der Waals surface area contributed by atoms with Crippen molar-refractivity contribution in [2.24, 2.45) is 0 Å². The maximum atomic E-state index is 2.35. The fraction of sp³-hybridized carbons (Fsp3) is 0.333. The van der Waals surface area contributed by atoms with Crippen molar-refractivity contribution in [1.29, 1.82) is 0 Å². The van der Waals surface area contributed by atoms with Crippen molar-refractivity contribution in [3.8, 4) is 0 Å². The van der Waals surface area contributed by atoms with Crippen LogP contribution in [0.4, 0.5) is 0 Å². The van der Waals surface area contributed by atoms with Crippen molar-refractivity contribution in [2.75, 3.05) is 0 Å². The predicted molar refractivity (Wildman–Crippen MR) is 67.3 cm³/mol. The van der Waals surface area contributed by atoms with Crippen LogP contribution >= 0.6 is 0 Å². The van der Waals surface area contributed by atoms with Crippen LogP contribution in [0.1, 0.15) is 30.9 Å². The molecule has 2 aromatic carbocycles. The van der Waals surface area contributed by atoms with E-state index in [0.717, 1.165) is 0 Å². The number of fused-ring (bicyclic) bond motifs is 1. The summed E-state index contributed by atoms with van der Waals surface area (Å²) in [4.78, 5) is 0. The second kappa shape index (κ2) is 4.48. The summed E-state index contributed by atoms with van der Waals surface area (Å²) < 4.78 is 0. The van der Waals surface area contributed by atoms with E-state index in [0.29, 0.717) is 0 Å². The number of benzene rings is 2. The van der Waals surface area contributed by atoms with Gasteiger partial charge in [-0.15, -0.1) is 0 Å². The van der Waals surface area contributed by atoms with Gasteiger partial charge in [-0.05, 0) is 41.7 Å². The molecule has 0 saturated heterocycles. The second-order valence-electron chi connectivity index (χ2n) is 4.23. The number of unbranched alkanes of at least 4 members (excludes halogenated alkanes) is 1. The van der Waals surface area contributed by atoms with Crippen molar-refractivity contribution in [3.05, 3.63) is 47.5 Å². The summed E-state index contributed by atoms with van der Waals surface area (Å²) >= 11 is 0. The minimum absolute atomic E-state index is 1.22. The van der Waals surface area contributed by atoms with Crippen LogP contribution in [0.3, 0.4) is 0 Å². The summed E-state index contributed by atoms with van der Waals surface area (Å²) in [6.07, 6.45) is 3.78. The van der Waals surface area contributed by atoms with Gasteiger partial charge in [0.1, 0.15) is 0 Å². The predicted octanol–water partition coefficient (Wildman–Crippen LogP) is 4.49. The average molecular weight is 198 g/mol. The zero-order valence-corrected chi connectivity index (χ0v) is 9.59. The molecule has 0 spiro atoms. The Bertz CT molecular complexity index is 455. The third kappa shape index (κ3) is 2.20. The Balaban J connectivity index is 2.43. The number of hydrogen-bond donors (Lipinski definition) is 0. The van der Waals surface area contributed by atoms with Crippen molar-refractivity contribution >= 4 is 10.8 Å². The zero-order chi connectivity index (χ0) is 10.7. The largest absolute Gasteiger partial charge is 0.0654 e. The highest BCUT2D eigenvalue weighted by Crippen LogP contribution is 2.20. The smallest absolute Gasteiger partial charge is 0.0181 e. The van der Waals surface area contributed by atoms with Crippen LogP contribution in [0.2, 0.25) is 0 Å². The van der Waals surface area contributed by atoms with Gasteiger partial charge in [0.2, 0.25) is 0 Å². The standard InChI is InChI=1S/C15H18/c1-3-4-7-13-11-15-9-6-5-8-14(15)10-12(13)2/h5-6,8-11H,3-4,7H2,1-2H3. The minimum Gasteiger partial charge on any atom is -0.0654 e. The molecule has 0 aliphatic heterocycles. The SMILES string of the molecule is CCCCc1cc2ccccc2cc1C. The molecule has 0 aliphatic rings. The fourth-order valence-corrected chi connectivity index (χ4v) is 2.04. The monoisotopic (exact) mass is 198 g/mol. The first-order chi connectivity index (χ1) is 7.31. The zero-order valence-electron chi connectivity index (χ0n) is 9.59. The lowest BCUT2D eigenvalue weighted by atomic mass is 9.98. The quantitative estimate of drug-likeness (QED) is 0.681. The van der Waals surface area contributed by atoms with E-state index in [1.54, 1.807) is 0 Å². The molecule has 2 aromatic rings. The van der Waals surface area contributed by atoms with Gasteiger partial charge in [0.25, 0.3) is 0 Å². The molecule has 2 rings (SSSR count). The van der Waals surface area contributed by atoms with Gasteiger partial charge in [0, 0.05) is 0 Å². The second-order valence-corrected chi connectivity index (χ2v) is 4.23. The molecule has 0 radical (unpaired) electrons. The number of rotatable bonds is 3. The molecule has 0 aliphatic carbocycles. The molecule has 15 heavy (non-hydrogen) atoms. The Hall–Kier alpha value is -1.30. The van der Waals surface area contributed by atoms with E-state index in [4.69, 9.17) is 0 Å². The van der Waals surface area contributed by atoms with Crippen molar-refractivity contribution in [3.63, 3.8) is 0 Å². The molecule has 78 valence electrons. The normalized spacial score (nSPS) is 10.8. The van der Waals surface area contributed by atoms with Crippen molar-refractivity contribution < 1.29 is 0 Å². The molecule has 0 amide bonds. The van der Waals surface area contributed by atoms with Gasteiger partial charge < -0.3 is 0 Å². The van der Waals surface area contributed by atoms with E-state index in [1.807, 2.05) is 0 Å². The van der Waals surface area contributed by atoms with Crippen molar-refractivity contribution in [1.82, 2.24) is 0 Å². The molecule has 0 aromatic heterocycles. The Morgan fingerprint density at radius 1 is 1.00 bits per heavy atom. The van der Waals surface area contributed by atoms with E-state index in [2.05, 4.69) is 50.2 Å². The molecule has 0 unspecified atom stereocenters. The minimum atomic E-state index is 1.22. The summed E-state index contributed by atoms with van der Waals surface area (Å²) in [5.41, 5.74) is 2.94. The highest BCUT2D eigenvalue weighted by Gasteiger charge is 2.00. The molecular formula is C15H18. The summed E-state index contributed by atoms with van der Waals surface area (Å²) in [6, 6.07) is 13.3. The molecule has 0 heterocycles. The Labute approximate surface area is 91.9 Å². The van der Waals surface area contributed by atoms with Crippen LogP contribution in [0.5, 0.6) is 0 Å². The highest BCUT2D eigenvalue weighted by molar-refractivity contribution is 5.84. The third-order valence-electron chi connectivity index (χ3n) is 3.00. The first-order valence-corrected chi connectivity index (χ1v) is 5.79. The lowest BCUT2D eigenvalue weighted by molar-refractivity contribution is 0.792. The Kier molecular flexibility index (Phi) is 3.05. The van der Waals surface area contributed by atoms with Gasteiger partial charge in [-0.2, -0.15) is 0 Å². The fourth-order valence-electron chi connectivity index (χ4n) is 2.04. The number of hydrogen-bond acceptors (Lipinski definition) is 0. The van der Waals surface area contributed by atoms with Gasteiger partial charge in [0.15, 0.2) is 0 Å². The topological polar surface area (TPSA) is 0 Å². The summed E-state index contributed by atoms with van der Waals surface area (Å²) in [5.74, 6) is 0. The van der Waals surface area contributed by atoms with Gasteiger partial charge in [0.05, 0.1) is 0 Å². The van der Waals surface area contributed by atoms with Crippen LogP contribution < -0.4 is 0 Å². The van der Waals surface area contributed by atoms with Crippen LogP contribution in [0.25, 0.3) is 10.8 Å². The van der Waals surface area contributed by atoms with E-state index >= 15 is 0 Å². The molecular weight excluding hydrogens is 180 g/mol. The highest BCUT2D eigenvalue weighted by atomic mass is 14.1. The lowest BCUT2D eigenvalue weighted by Crippen LogP contribution is -1.89. The molecule has 0 heteroatoms. The molecule has 0 bridgehead atoms. The van der Waals surface area contributed by atoms with E-state index in [-0.39, 0.29) is 0 Å². The first-order valence-electron chi connectivity index (χ1n) is 5.79. The van der Waals surface area contributed by atoms with Gasteiger partial charge in [-0.1, -0.05) is 49.7 Å². The first kappa shape index (κ1) is 10.2. The average Bonchev–Trinajstić information content (AvgIpc) is 2.26. The Morgan fingerprint density at radius 2 is 1.67 bits per heavy atom. The van der Waals surface area contributed by atoms with Gasteiger partial charge in [-0.25, -0.2) is 0 Å². The van der Waals surface area contributed by atoms with Crippen LogP contribution in [-0.2, 0) is 6.42 Å². The summed E-state index contributed by atoms with van der Waals surface area (Å²) in [7, 11) is 0. The molecule has 0 fully saturated rings. The van der Waals surface area contributed by atoms with E-state index in [9.17, 15) is 0 Å². The van der Waals surface area contributed by atoms with Gasteiger partial charge >= 0.3 is 0 Å². The van der Waals surface area contributed by atoms with Crippen LogP contribution in [-0.4, -0.2) is 0 Å². The van der Waals surface area contributed by atoms with Crippen LogP contribution in [0.15, 0.2) is 36.4 Å². The van der Waals surface area contributed by atoms with E-state index in [1.165, 1.54) is 41.2 Å². The molecule has 0 atom stereocenters. The van der Waals surface area contributed by atoms with Gasteiger partial charge in [-0.3, -0.25) is 0 Å². The number of aryl methyl sites for hydroxylation is 2. The van der Waals surface area contributed by atoms with Crippen molar-refractivity contribution in [2.45, 2.75) is 33.1 Å². The Morgan fingerprint density at radius 3 is 2.33 bits per heavy atom. The van der Waals surface area contributed by atoms with Crippen LogP contribution in [0, 0.1) is 6.92 Å². The molecule has 0 nitrogen and oxygen atoms in total. The summed E-state index contributed by atoms with van der Waals surface area (Å²) in [5, 5.41) is 2.73. The molecule has 0 N–H and O–H groups in total.